The maximum absolute atomic E-state index is 11.7. The van der Waals surface area contributed by atoms with Crippen LogP contribution in [0.1, 0.15) is 26.0 Å². The number of carbonyl (C=O) groups excluding carboxylic acids is 1. The largest absolute Gasteiger partial charge is 0.348 e. The van der Waals surface area contributed by atoms with Crippen molar-refractivity contribution in [2.75, 3.05) is 5.32 Å². The van der Waals surface area contributed by atoms with E-state index in [1.807, 2.05) is 45.0 Å². The van der Waals surface area contributed by atoms with Crippen molar-refractivity contribution >= 4 is 11.6 Å². The predicted molar refractivity (Wildman–Crippen MR) is 76.8 cm³/mol. The maximum Gasteiger partial charge on any atom is 0.224 e. The van der Waals surface area contributed by atoms with Gasteiger partial charge in [-0.15, -0.1) is 0 Å². The summed E-state index contributed by atoms with van der Waals surface area (Å²) in [6.07, 6.45) is 2.23. The van der Waals surface area contributed by atoms with E-state index < -0.39 is 0 Å². The number of benzene rings is 1. The van der Waals surface area contributed by atoms with Crippen LogP contribution < -0.4 is 5.32 Å². The molecule has 0 atom stereocenters. The Bertz CT molecular complexity index is 555. The summed E-state index contributed by atoms with van der Waals surface area (Å²) in [4.78, 5) is 19.0. The van der Waals surface area contributed by atoms with E-state index in [1.165, 1.54) is 0 Å². The number of amides is 1. The van der Waals surface area contributed by atoms with Crippen molar-refractivity contribution in [1.82, 2.24) is 9.97 Å². The minimum atomic E-state index is 0.0544. The Morgan fingerprint density at radius 3 is 2.53 bits per heavy atom. The van der Waals surface area contributed by atoms with Gasteiger partial charge in [-0.3, -0.25) is 4.79 Å². The number of rotatable bonds is 4. The van der Waals surface area contributed by atoms with Gasteiger partial charge in [0.2, 0.25) is 5.91 Å². The standard InChI is InChI=1S/C15H19N3O/c1-10(2)8-14(19)18-13-6-4-12(5-7-13)15-11(3)16-9-17-15/h4-7,9-10H,8H2,1-3H3,(H,16,17)(H,18,19). The summed E-state index contributed by atoms with van der Waals surface area (Å²) in [5.74, 6) is 0.421. The lowest BCUT2D eigenvalue weighted by molar-refractivity contribution is -0.116. The van der Waals surface area contributed by atoms with E-state index >= 15 is 0 Å². The van der Waals surface area contributed by atoms with Crippen LogP contribution in [0.2, 0.25) is 0 Å². The first-order valence-electron chi connectivity index (χ1n) is 6.46. The van der Waals surface area contributed by atoms with Crippen LogP contribution in [0, 0.1) is 12.8 Å². The van der Waals surface area contributed by atoms with Crippen molar-refractivity contribution in [2.45, 2.75) is 27.2 Å². The Balaban J connectivity index is 2.07. The van der Waals surface area contributed by atoms with Gasteiger partial charge in [0, 0.05) is 23.4 Å². The molecule has 0 radical (unpaired) electrons. The van der Waals surface area contributed by atoms with Gasteiger partial charge in [-0.1, -0.05) is 26.0 Å². The molecule has 19 heavy (non-hydrogen) atoms. The molecular weight excluding hydrogens is 238 g/mol. The summed E-state index contributed by atoms with van der Waals surface area (Å²) < 4.78 is 0. The van der Waals surface area contributed by atoms with Crippen LogP contribution in [0.3, 0.4) is 0 Å². The van der Waals surface area contributed by atoms with Crippen LogP contribution in [0.15, 0.2) is 30.6 Å². The van der Waals surface area contributed by atoms with Gasteiger partial charge < -0.3 is 10.3 Å². The van der Waals surface area contributed by atoms with Crippen LogP contribution in [0.5, 0.6) is 0 Å². The van der Waals surface area contributed by atoms with Gasteiger partial charge in [0.05, 0.1) is 12.0 Å². The molecule has 0 fully saturated rings. The number of hydrogen-bond acceptors (Lipinski definition) is 2. The number of H-pyrrole nitrogens is 1. The monoisotopic (exact) mass is 257 g/mol. The van der Waals surface area contributed by atoms with Crippen molar-refractivity contribution in [3.05, 3.63) is 36.3 Å². The maximum atomic E-state index is 11.7. The van der Waals surface area contributed by atoms with Gasteiger partial charge >= 0.3 is 0 Å². The molecule has 0 aliphatic heterocycles. The van der Waals surface area contributed by atoms with E-state index in [0.717, 1.165) is 22.6 Å². The van der Waals surface area contributed by atoms with Crippen LogP contribution >= 0.6 is 0 Å². The zero-order chi connectivity index (χ0) is 13.8. The van der Waals surface area contributed by atoms with E-state index in [1.54, 1.807) is 6.33 Å². The van der Waals surface area contributed by atoms with Crippen LogP contribution in [0.25, 0.3) is 11.3 Å². The molecule has 0 bridgehead atoms. The fourth-order valence-electron chi connectivity index (χ4n) is 1.94. The minimum Gasteiger partial charge on any atom is -0.348 e. The molecule has 4 heteroatoms. The summed E-state index contributed by atoms with van der Waals surface area (Å²) in [6.45, 7) is 6.05. The van der Waals surface area contributed by atoms with Gasteiger partial charge in [-0.05, 0) is 25.0 Å². The fraction of sp³-hybridized carbons (Fsp3) is 0.333. The number of aromatic nitrogens is 2. The molecule has 0 aliphatic rings. The van der Waals surface area contributed by atoms with Crippen LogP contribution in [0.4, 0.5) is 5.69 Å². The Morgan fingerprint density at radius 2 is 2.00 bits per heavy atom. The minimum absolute atomic E-state index is 0.0544. The number of hydrogen-bond donors (Lipinski definition) is 2. The van der Waals surface area contributed by atoms with E-state index in [4.69, 9.17) is 0 Å². The Hall–Kier alpha value is -2.10. The number of anilines is 1. The highest BCUT2D eigenvalue weighted by Crippen LogP contribution is 2.21. The molecule has 0 saturated heterocycles. The third kappa shape index (κ3) is 3.44. The van der Waals surface area contributed by atoms with Crippen LogP contribution in [-0.4, -0.2) is 15.9 Å². The Labute approximate surface area is 113 Å². The zero-order valence-electron chi connectivity index (χ0n) is 11.5. The second-order valence-electron chi connectivity index (χ2n) is 5.10. The summed E-state index contributed by atoms with van der Waals surface area (Å²) in [5.41, 5.74) is 3.85. The average molecular weight is 257 g/mol. The van der Waals surface area contributed by atoms with E-state index in [0.29, 0.717) is 12.3 Å². The molecule has 1 aromatic carbocycles. The molecule has 0 saturated carbocycles. The lowest BCUT2D eigenvalue weighted by Gasteiger charge is -2.07. The molecule has 2 aromatic rings. The highest BCUT2D eigenvalue weighted by Gasteiger charge is 2.07. The highest BCUT2D eigenvalue weighted by molar-refractivity contribution is 5.91. The lowest BCUT2D eigenvalue weighted by Crippen LogP contribution is -2.13. The fourth-order valence-corrected chi connectivity index (χ4v) is 1.94. The molecule has 2 N–H and O–H groups in total. The number of nitrogens with one attached hydrogen (secondary N) is 2. The number of aromatic amines is 1. The molecule has 4 nitrogen and oxygen atoms in total. The van der Waals surface area contributed by atoms with Gasteiger partial charge in [0.15, 0.2) is 0 Å². The van der Waals surface area contributed by atoms with Crippen molar-refractivity contribution < 1.29 is 4.79 Å². The van der Waals surface area contributed by atoms with Crippen molar-refractivity contribution in [3.63, 3.8) is 0 Å². The lowest BCUT2D eigenvalue weighted by atomic mass is 10.1. The van der Waals surface area contributed by atoms with E-state index in [-0.39, 0.29) is 5.91 Å². The Morgan fingerprint density at radius 1 is 1.32 bits per heavy atom. The quantitative estimate of drug-likeness (QED) is 0.882. The average Bonchev–Trinajstić information content (AvgIpc) is 2.75. The van der Waals surface area contributed by atoms with Gasteiger partial charge in [-0.2, -0.15) is 0 Å². The van der Waals surface area contributed by atoms with Gasteiger partial charge in [0.25, 0.3) is 0 Å². The molecule has 0 unspecified atom stereocenters. The number of aryl methyl sites for hydroxylation is 1. The number of carbonyl (C=O) groups is 1. The first kappa shape index (κ1) is 13.3. The second kappa shape index (κ2) is 5.69. The van der Waals surface area contributed by atoms with Gasteiger partial charge in [-0.25, -0.2) is 4.98 Å². The molecule has 0 spiro atoms. The topological polar surface area (TPSA) is 57.8 Å². The van der Waals surface area contributed by atoms with E-state index in [2.05, 4.69) is 15.3 Å². The third-order valence-corrected chi connectivity index (χ3v) is 2.87. The Kier molecular flexibility index (Phi) is 4.00. The van der Waals surface area contributed by atoms with E-state index in [9.17, 15) is 4.79 Å². The number of nitrogens with zero attached hydrogens (tertiary/aromatic N) is 1. The predicted octanol–water partition coefficient (Wildman–Crippen LogP) is 3.37. The molecular formula is C15H19N3O. The van der Waals surface area contributed by atoms with Gasteiger partial charge in [0.1, 0.15) is 0 Å². The van der Waals surface area contributed by atoms with Crippen molar-refractivity contribution in [3.8, 4) is 11.3 Å². The molecule has 100 valence electrons. The first-order chi connectivity index (χ1) is 9.06. The van der Waals surface area contributed by atoms with Crippen molar-refractivity contribution in [1.29, 1.82) is 0 Å². The number of imidazole rings is 1. The summed E-state index contributed by atoms with van der Waals surface area (Å²) in [7, 11) is 0. The molecule has 0 aliphatic carbocycles. The normalized spacial score (nSPS) is 10.7. The second-order valence-corrected chi connectivity index (χ2v) is 5.10. The molecule has 2 rings (SSSR count). The smallest absolute Gasteiger partial charge is 0.224 e. The third-order valence-electron chi connectivity index (χ3n) is 2.87. The van der Waals surface area contributed by atoms with Crippen molar-refractivity contribution in [2.24, 2.45) is 5.92 Å². The SMILES string of the molecule is Cc1[nH]cnc1-c1ccc(NC(=O)CC(C)C)cc1. The first-order valence-corrected chi connectivity index (χ1v) is 6.46. The molecule has 1 heterocycles. The summed E-state index contributed by atoms with van der Waals surface area (Å²) >= 11 is 0. The molecule has 1 aromatic heterocycles. The molecule has 1 amide bonds. The summed E-state index contributed by atoms with van der Waals surface area (Å²) in [6, 6.07) is 7.74. The van der Waals surface area contributed by atoms with Crippen LogP contribution in [-0.2, 0) is 4.79 Å². The summed E-state index contributed by atoms with van der Waals surface area (Å²) in [5, 5.41) is 2.89. The zero-order valence-corrected chi connectivity index (χ0v) is 11.5. The highest BCUT2D eigenvalue weighted by atomic mass is 16.1.